The Kier molecular flexibility index (Phi) is 4.85. The van der Waals surface area contributed by atoms with Crippen LogP contribution in [0, 0.1) is 0 Å². The number of hydrogen-bond acceptors (Lipinski definition) is 6. The SMILES string of the molecule is O=S(=O)=C1C=CC=CC1NNC1C=CC=CC1=S(=O)=O. The first kappa shape index (κ1) is 14.7. The van der Waals surface area contributed by atoms with E-state index >= 15 is 0 Å². The lowest BCUT2D eigenvalue weighted by atomic mass is 10.1. The maximum absolute atomic E-state index is 11.1. The zero-order valence-electron chi connectivity index (χ0n) is 10.2. The third-order valence-corrected chi connectivity index (χ3v) is 4.29. The molecule has 2 aliphatic carbocycles. The molecule has 2 N–H and O–H groups in total. The van der Waals surface area contributed by atoms with Crippen LogP contribution >= 0.6 is 0 Å². The standard InChI is InChI=1S/C12H12N2O4S2/c15-19(16)11-7-3-1-5-9(11)13-14-10-6-2-4-8-12(10)20(17)18/h1-10,13-14H. The van der Waals surface area contributed by atoms with E-state index in [9.17, 15) is 16.8 Å². The number of nitrogens with one attached hydrogen (secondary N) is 2. The van der Waals surface area contributed by atoms with Gasteiger partial charge in [-0.3, -0.25) is 0 Å². The van der Waals surface area contributed by atoms with E-state index in [0.29, 0.717) is 0 Å². The minimum absolute atomic E-state index is 0.181. The van der Waals surface area contributed by atoms with Crippen molar-refractivity contribution in [2.45, 2.75) is 12.1 Å². The molecule has 2 aliphatic rings. The van der Waals surface area contributed by atoms with Crippen molar-refractivity contribution < 1.29 is 16.8 Å². The lowest BCUT2D eigenvalue weighted by Gasteiger charge is -2.21. The molecule has 2 rings (SSSR count). The molecule has 0 bridgehead atoms. The van der Waals surface area contributed by atoms with Crippen LogP contribution in [-0.2, 0) is 20.6 Å². The Hall–Kier alpha value is -1.74. The fraction of sp³-hybridized carbons (Fsp3) is 0.167. The maximum Gasteiger partial charge on any atom is 0.219 e. The summed E-state index contributed by atoms with van der Waals surface area (Å²) in [4.78, 5) is 0.361. The Bertz CT molecular complexity index is 699. The summed E-state index contributed by atoms with van der Waals surface area (Å²) in [5.41, 5.74) is 5.62. The molecule has 0 amide bonds. The van der Waals surface area contributed by atoms with Crippen LogP contribution < -0.4 is 10.9 Å². The van der Waals surface area contributed by atoms with Crippen LogP contribution in [-0.4, -0.2) is 38.6 Å². The van der Waals surface area contributed by atoms with Gasteiger partial charge in [0.25, 0.3) is 0 Å². The van der Waals surface area contributed by atoms with Crippen molar-refractivity contribution in [3.05, 3.63) is 48.6 Å². The molecule has 8 heteroatoms. The number of hydrazine groups is 1. The van der Waals surface area contributed by atoms with E-state index in [4.69, 9.17) is 0 Å². The minimum Gasteiger partial charge on any atom is -0.245 e. The summed E-state index contributed by atoms with van der Waals surface area (Å²) < 4.78 is 44.3. The summed E-state index contributed by atoms with van der Waals surface area (Å²) in [5.74, 6) is 0. The molecule has 0 aromatic heterocycles. The number of rotatable bonds is 3. The quantitative estimate of drug-likeness (QED) is 0.522. The summed E-state index contributed by atoms with van der Waals surface area (Å²) in [6, 6.07) is -1.09. The molecule has 6 nitrogen and oxygen atoms in total. The van der Waals surface area contributed by atoms with Gasteiger partial charge in [-0.25, -0.2) is 10.9 Å². The molecular formula is C12H12N2O4S2. The Morgan fingerprint density at radius 3 is 1.45 bits per heavy atom. The molecule has 0 spiro atoms. The van der Waals surface area contributed by atoms with Crippen LogP contribution in [0.3, 0.4) is 0 Å². The van der Waals surface area contributed by atoms with Crippen LogP contribution in [0.1, 0.15) is 0 Å². The van der Waals surface area contributed by atoms with Crippen molar-refractivity contribution in [1.29, 1.82) is 0 Å². The molecule has 0 saturated heterocycles. The van der Waals surface area contributed by atoms with Crippen molar-refractivity contribution in [1.82, 2.24) is 10.9 Å². The van der Waals surface area contributed by atoms with Crippen LogP contribution in [0.15, 0.2) is 48.6 Å². The highest BCUT2D eigenvalue weighted by Gasteiger charge is 2.18. The monoisotopic (exact) mass is 312 g/mol. The molecule has 0 aromatic rings. The van der Waals surface area contributed by atoms with E-state index < -0.39 is 32.7 Å². The lowest BCUT2D eigenvalue weighted by Crippen LogP contribution is -2.51. The Labute approximate surface area is 119 Å². The second-order valence-electron chi connectivity index (χ2n) is 4.01. The molecular weight excluding hydrogens is 300 g/mol. The van der Waals surface area contributed by atoms with Gasteiger partial charge in [0.15, 0.2) is 0 Å². The Balaban J connectivity index is 2.13. The van der Waals surface area contributed by atoms with E-state index in [2.05, 4.69) is 10.9 Å². The topological polar surface area (TPSA) is 92.3 Å². The number of allylic oxidation sites excluding steroid dienone is 4. The Morgan fingerprint density at radius 1 is 0.700 bits per heavy atom. The van der Waals surface area contributed by atoms with Gasteiger partial charge >= 0.3 is 0 Å². The van der Waals surface area contributed by atoms with Gasteiger partial charge in [-0.2, -0.15) is 16.8 Å². The normalized spacial score (nSPS) is 24.2. The highest BCUT2D eigenvalue weighted by Crippen LogP contribution is 2.02. The first-order chi connectivity index (χ1) is 9.59. The fourth-order valence-electron chi connectivity index (χ4n) is 1.78. The summed E-state index contributed by atoms with van der Waals surface area (Å²) in [5, 5.41) is 0. The molecule has 20 heavy (non-hydrogen) atoms. The highest BCUT2D eigenvalue weighted by atomic mass is 32.2. The highest BCUT2D eigenvalue weighted by molar-refractivity contribution is 7.73. The molecule has 2 unspecified atom stereocenters. The molecule has 0 fully saturated rings. The second kappa shape index (κ2) is 6.62. The predicted molar refractivity (Wildman–Crippen MR) is 78.3 cm³/mol. The van der Waals surface area contributed by atoms with Gasteiger partial charge in [0.05, 0.1) is 21.8 Å². The third-order valence-electron chi connectivity index (χ3n) is 2.74. The van der Waals surface area contributed by atoms with Crippen LogP contribution in [0.25, 0.3) is 0 Å². The van der Waals surface area contributed by atoms with Crippen molar-refractivity contribution in [3.8, 4) is 0 Å². The molecule has 2 atom stereocenters. The average molecular weight is 312 g/mol. The molecule has 106 valence electrons. The fourth-order valence-corrected chi connectivity index (χ4v) is 2.85. The predicted octanol–water partition coefficient (Wildman–Crippen LogP) is -0.827. The molecule has 0 aliphatic heterocycles. The Morgan fingerprint density at radius 2 is 1.10 bits per heavy atom. The smallest absolute Gasteiger partial charge is 0.219 e. The number of hydrogen-bond donors (Lipinski definition) is 2. The van der Waals surface area contributed by atoms with Gasteiger partial charge in [0.2, 0.25) is 20.6 Å². The van der Waals surface area contributed by atoms with Crippen LogP contribution in [0.2, 0.25) is 0 Å². The summed E-state index contributed by atoms with van der Waals surface area (Å²) >= 11 is 0. The van der Waals surface area contributed by atoms with Crippen molar-refractivity contribution >= 4 is 30.3 Å². The van der Waals surface area contributed by atoms with E-state index in [0.717, 1.165) is 0 Å². The van der Waals surface area contributed by atoms with Crippen LogP contribution in [0.4, 0.5) is 0 Å². The molecule has 0 heterocycles. The van der Waals surface area contributed by atoms with Crippen molar-refractivity contribution in [3.63, 3.8) is 0 Å². The molecule has 0 saturated carbocycles. The zero-order valence-corrected chi connectivity index (χ0v) is 11.9. The van der Waals surface area contributed by atoms with Gasteiger partial charge < -0.3 is 0 Å². The third kappa shape index (κ3) is 3.42. The second-order valence-corrected chi connectivity index (χ2v) is 5.89. The lowest BCUT2D eigenvalue weighted by molar-refractivity contribution is 0.539. The zero-order chi connectivity index (χ0) is 14.5. The molecule has 0 radical (unpaired) electrons. The van der Waals surface area contributed by atoms with Gasteiger partial charge in [-0.15, -0.1) is 0 Å². The van der Waals surface area contributed by atoms with E-state index in [1.165, 1.54) is 12.2 Å². The van der Waals surface area contributed by atoms with Crippen molar-refractivity contribution in [2.24, 2.45) is 0 Å². The molecule has 0 aromatic carbocycles. The largest absolute Gasteiger partial charge is 0.245 e. The van der Waals surface area contributed by atoms with Crippen LogP contribution in [0.5, 0.6) is 0 Å². The average Bonchev–Trinajstić information content (AvgIpc) is 2.45. The maximum atomic E-state index is 11.1. The van der Waals surface area contributed by atoms with Gasteiger partial charge in [0, 0.05) is 0 Å². The summed E-state index contributed by atoms with van der Waals surface area (Å²) in [7, 11) is -4.68. The first-order valence-corrected chi connectivity index (χ1v) is 7.87. The summed E-state index contributed by atoms with van der Waals surface area (Å²) in [6.45, 7) is 0. The van der Waals surface area contributed by atoms with E-state index in [1.54, 1.807) is 36.5 Å². The van der Waals surface area contributed by atoms with Gasteiger partial charge in [-0.05, 0) is 12.2 Å². The minimum atomic E-state index is -2.34. The van der Waals surface area contributed by atoms with Crippen molar-refractivity contribution in [2.75, 3.05) is 0 Å². The summed E-state index contributed by atoms with van der Waals surface area (Å²) in [6.07, 6.45) is 13.0. The van der Waals surface area contributed by atoms with E-state index in [1.807, 2.05) is 0 Å². The van der Waals surface area contributed by atoms with Gasteiger partial charge in [0.1, 0.15) is 0 Å². The van der Waals surface area contributed by atoms with E-state index in [-0.39, 0.29) is 9.73 Å². The first-order valence-electron chi connectivity index (χ1n) is 5.72. The van der Waals surface area contributed by atoms with Gasteiger partial charge in [-0.1, -0.05) is 36.5 Å².